The maximum absolute atomic E-state index is 12.8. The van der Waals surface area contributed by atoms with Gasteiger partial charge in [-0.3, -0.25) is 14.4 Å². The maximum Gasteiger partial charge on any atom is 0.253 e. The zero-order valence-electron chi connectivity index (χ0n) is 17.6. The molecule has 1 fully saturated rings. The van der Waals surface area contributed by atoms with Crippen molar-refractivity contribution in [2.75, 3.05) is 18.4 Å². The second-order valence-corrected chi connectivity index (χ2v) is 7.99. The van der Waals surface area contributed by atoms with Gasteiger partial charge in [0.05, 0.1) is 0 Å². The number of rotatable bonds is 6. The van der Waals surface area contributed by atoms with Gasteiger partial charge in [-0.1, -0.05) is 44.2 Å². The molecule has 3 amide bonds. The predicted octanol–water partition coefficient (Wildman–Crippen LogP) is 3.45. The Balaban J connectivity index is 1.47. The van der Waals surface area contributed by atoms with Gasteiger partial charge in [-0.15, -0.1) is 0 Å². The standard InChI is InChI=1S/C24H29N3O3/c1-17(2)22(28)26-21-10-8-20(9-11-21)24(30)27-14-12-19(13-15-27)23(29)25-16-18-6-4-3-5-7-18/h3-11,17,19H,12-16H2,1-2H3,(H,25,29)(H,26,28). The van der Waals surface area contributed by atoms with Gasteiger partial charge in [-0.05, 0) is 42.7 Å². The Hall–Kier alpha value is -3.15. The molecule has 6 heteroatoms. The third kappa shape index (κ3) is 5.69. The number of likely N-dealkylation sites (tertiary alicyclic amines) is 1. The van der Waals surface area contributed by atoms with Gasteiger partial charge in [0.1, 0.15) is 0 Å². The van der Waals surface area contributed by atoms with Gasteiger partial charge in [0, 0.05) is 42.7 Å². The molecule has 1 aliphatic heterocycles. The predicted molar refractivity (Wildman–Crippen MR) is 117 cm³/mol. The molecule has 3 rings (SSSR count). The summed E-state index contributed by atoms with van der Waals surface area (Å²) in [6.45, 7) is 5.32. The number of piperidine rings is 1. The molecule has 0 spiro atoms. The molecule has 1 aliphatic rings. The minimum Gasteiger partial charge on any atom is -0.352 e. The van der Waals surface area contributed by atoms with Crippen LogP contribution < -0.4 is 10.6 Å². The molecule has 158 valence electrons. The van der Waals surface area contributed by atoms with Crippen LogP contribution in [0, 0.1) is 11.8 Å². The summed E-state index contributed by atoms with van der Waals surface area (Å²) in [7, 11) is 0. The molecule has 0 radical (unpaired) electrons. The first-order valence-corrected chi connectivity index (χ1v) is 10.5. The Labute approximate surface area is 177 Å². The summed E-state index contributed by atoms with van der Waals surface area (Å²) in [5.41, 5.74) is 2.34. The molecule has 0 aromatic heterocycles. The van der Waals surface area contributed by atoms with Gasteiger partial charge in [0.15, 0.2) is 0 Å². The lowest BCUT2D eigenvalue weighted by molar-refractivity contribution is -0.126. The third-order valence-electron chi connectivity index (χ3n) is 5.39. The van der Waals surface area contributed by atoms with E-state index in [0.29, 0.717) is 43.7 Å². The fourth-order valence-electron chi connectivity index (χ4n) is 3.44. The number of anilines is 1. The first-order chi connectivity index (χ1) is 14.4. The summed E-state index contributed by atoms with van der Waals surface area (Å²) in [5, 5.41) is 5.82. The molecule has 0 aliphatic carbocycles. The van der Waals surface area contributed by atoms with E-state index in [4.69, 9.17) is 0 Å². The summed E-state index contributed by atoms with van der Waals surface area (Å²) in [4.78, 5) is 38.8. The number of hydrogen-bond acceptors (Lipinski definition) is 3. The van der Waals surface area contributed by atoms with Crippen molar-refractivity contribution in [3.05, 3.63) is 65.7 Å². The van der Waals surface area contributed by atoms with Crippen LogP contribution in [0.4, 0.5) is 5.69 Å². The lowest BCUT2D eigenvalue weighted by atomic mass is 9.95. The highest BCUT2D eigenvalue weighted by Crippen LogP contribution is 2.20. The van der Waals surface area contributed by atoms with E-state index in [1.165, 1.54) is 0 Å². The van der Waals surface area contributed by atoms with Crippen molar-refractivity contribution in [1.29, 1.82) is 0 Å². The van der Waals surface area contributed by atoms with Crippen LogP contribution in [0.2, 0.25) is 0 Å². The van der Waals surface area contributed by atoms with Crippen LogP contribution in [0.25, 0.3) is 0 Å². The number of nitrogens with zero attached hydrogens (tertiary/aromatic N) is 1. The van der Waals surface area contributed by atoms with Crippen LogP contribution in [0.5, 0.6) is 0 Å². The second kappa shape index (κ2) is 10.1. The fourth-order valence-corrected chi connectivity index (χ4v) is 3.44. The van der Waals surface area contributed by atoms with Crippen LogP contribution in [-0.2, 0) is 16.1 Å². The lowest BCUT2D eigenvalue weighted by Crippen LogP contribution is -2.42. The first-order valence-electron chi connectivity index (χ1n) is 10.5. The molecule has 1 saturated heterocycles. The van der Waals surface area contributed by atoms with E-state index in [1.807, 2.05) is 44.2 Å². The normalized spacial score (nSPS) is 14.4. The van der Waals surface area contributed by atoms with Crippen LogP contribution in [0.1, 0.15) is 42.6 Å². The van der Waals surface area contributed by atoms with E-state index in [2.05, 4.69) is 10.6 Å². The molecule has 0 atom stereocenters. The Morgan fingerprint density at radius 2 is 1.60 bits per heavy atom. The molecular formula is C24H29N3O3. The van der Waals surface area contributed by atoms with Gasteiger partial charge in [-0.25, -0.2) is 0 Å². The Morgan fingerprint density at radius 1 is 0.967 bits per heavy atom. The number of carbonyl (C=O) groups is 3. The monoisotopic (exact) mass is 407 g/mol. The van der Waals surface area contributed by atoms with E-state index in [9.17, 15) is 14.4 Å². The molecule has 0 saturated carbocycles. The SMILES string of the molecule is CC(C)C(=O)Nc1ccc(C(=O)N2CCC(C(=O)NCc3ccccc3)CC2)cc1. The van der Waals surface area contributed by atoms with E-state index in [1.54, 1.807) is 29.2 Å². The lowest BCUT2D eigenvalue weighted by Gasteiger charge is -2.31. The van der Waals surface area contributed by atoms with Gasteiger partial charge < -0.3 is 15.5 Å². The molecule has 2 aromatic carbocycles. The number of hydrogen-bond donors (Lipinski definition) is 2. The summed E-state index contributed by atoms with van der Waals surface area (Å²) >= 11 is 0. The largest absolute Gasteiger partial charge is 0.352 e. The Morgan fingerprint density at radius 3 is 2.20 bits per heavy atom. The van der Waals surface area contributed by atoms with Crippen LogP contribution >= 0.6 is 0 Å². The van der Waals surface area contributed by atoms with E-state index in [-0.39, 0.29) is 29.6 Å². The number of amides is 3. The minimum atomic E-state index is -0.0995. The summed E-state index contributed by atoms with van der Waals surface area (Å²) in [6.07, 6.45) is 1.32. The highest BCUT2D eigenvalue weighted by molar-refractivity contribution is 5.96. The van der Waals surface area contributed by atoms with E-state index in [0.717, 1.165) is 5.56 Å². The van der Waals surface area contributed by atoms with E-state index < -0.39 is 0 Å². The van der Waals surface area contributed by atoms with Crippen molar-refractivity contribution in [3.63, 3.8) is 0 Å². The van der Waals surface area contributed by atoms with Gasteiger partial charge in [0.2, 0.25) is 11.8 Å². The molecule has 6 nitrogen and oxygen atoms in total. The zero-order chi connectivity index (χ0) is 21.5. The molecule has 0 bridgehead atoms. The molecule has 30 heavy (non-hydrogen) atoms. The molecule has 2 aromatic rings. The van der Waals surface area contributed by atoms with Crippen molar-refractivity contribution >= 4 is 23.4 Å². The van der Waals surface area contributed by atoms with Crippen molar-refractivity contribution in [2.24, 2.45) is 11.8 Å². The molecule has 1 heterocycles. The Bertz CT molecular complexity index is 870. The summed E-state index contributed by atoms with van der Waals surface area (Å²) in [6, 6.07) is 16.8. The average Bonchev–Trinajstić information content (AvgIpc) is 2.78. The molecule has 2 N–H and O–H groups in total. The first kappa shape index (κ1) is 21.6. The van der Waals surface area contributed by atoms with E-state index >= 15 is 0 Å². The number of carbonyl (C=O) groups excluding carboxylic acids is 3. The second-order valence-electron chi connectivity index (χ2n) is 7.99. The van der Waals surface area contributed by atoms with Crippen molar-refractivity contribution in [3.8, 4) is 0 Å². The summed E-state index contributed by atoms with van der Waals surface area (Å²) in [5.74, 6) is -0.207. The van der Waals surface area contributed by atoms with Crippen molar-refractivity contribution < 1.29 is 14.4 Å². The number of benzene rings is 2. The average molecular weight is 408 g/mol. The highest BCUT2D eigenvalue weighted by atomic mass is 16.2. The third-order valence-corrected chi connectivity index (χ3v) is 5.39. The fraction of sp³-hybridized carbons (Fsp3) is 0.375. The highest BCUT2D eigenvalue weighted by Gasteiger charge is 2.27. The Kier molecular flexibility index (Phi) is 7.22. The van der Waals surface area contributed by atoms with Gasteiger partial charge >= 0.3 is 0 Å². The number of nitrogens with one attached hydrogen (secondary N) is 2. The van der Waals surface area contributed by atoms with Crippen LogP contribution in [-0.4, -0.2) is 35.7 Å². The van der Waals surface area contributed by atoms with Crippen LogP contribution in [0.3, 0.4) is 0 Å². The molecule has 0 unspecified atom stereocenters. The maximum atomic E-state index is 12.8. The quantitative estimate of drug-likeness (QED) is 0.770. The minimum absolute atomic E-state index is 0.0418. The zero-order valence-corrected chi connectivity index (χ0v) is 17.6. The van der Waals surface area contributed by atoms with Crippen molar-refractivity contribution in [1.82, 2.24) is 10.2 Å². The van der Waals surface area contributed by atoms with Crippen molar-refractivity contribution in [2.45, 2.75) is 33.2 Å². The van der Waals surface area contributed by atoms with Crippen LogP contribution in [0.15, 0.2) is 54.6 Å². The van der Waals surface area contributed by atoms with Gasteiger partial charge in [-0.2, -0.15) is 0 Å². The molecular weight excluding hydrogens is 378 g/mol. The van der Waals surface area contributed by atoms with Gasteiger partial charge in [0.25, 0.3) is 5.91 Å². The summed E-state index contributed by atoms with van der Waals surface area (Å²) < 4.78 is 0. The topological polar surface area (TPSA) is 78.5 Å². The smallest absolute Gasteiger partial charge is 0.253 e.